The summed E-state index contributed by atoms with van der Waals surface area (Å²) >= 11 is 0. The van der Waals surface area contributed by atoms with E-state index < -0.39 is 5.54 Å². The predicted molar refractivity (Wildman–Crippen MR) is 55.7 cm³/mol. The summed E-state index contributed by atoms with van der Waals surface area (Å²) in [6.07, 6.45) is 1.98. The Morgan fingerprint density at radius 2 is 1.77 bits per heavy atom. The molecule has 0 unspecified atom stereocenters. The monoisotopic (exact) mass is 186 g/mol. The van der Waals surface area contributed by atoms with Gasteiger partial charge >= 0.3 is 0 Å². The molecule has 2 N–H and O–H groups in total. The molecule has 0 saturated heterocycles. The van der Waals surface area contributed by atoms with Crippen molar-refractivity contribution in [3.8, 4) is 0 Å². The average molecular weight is 186 g/mol. The summed E-state index contributed by atoms with van der Waals surface area (Å²) in [6.45, 7) is 7.93. The smallest absolute Gasteiger partial charge is 0.239 e. The fourth-order valence-corrected chi connectivity index (χ4v) is 0.972. The number of amides is 1. The van der Waals surface area contributed by atoms with Crippen molar-refractivity contribution in [2.45, 2.75) is 52.1 Å². The summed E-state index contributed by atoms with van der Waals surface area (Å²) in [7, 11) is 1.80. The maximum absolute atomic E-state index is 11.7. The van der Waals surface area contributed by atoms with Crippen LogP contribution in [0.25, 0.3) is 0 Å². The quantitative estimate of drug-likeness (QED) is 0.679. The van der Waals surface area contributed by atoms with E-state index in [1.54, 1.807) is 7.05 Å². The van der Waals surface area contributed by atoms with Crippen LogP contribution < -0.4 is 10.6 Å². The second-order valence-corrected chi connectivity index (χ2v) is 3.86. The largest absolute Gasteiger partial charge is 0.352 e. The summed E-state index contributed by atoms with van der Waals surface area (Å²) in [6, 6.07) is 0.306. The molecule has 0 aromatic carbocycles. The summed E-state index contributed by atoms with van der Waals surface area (Å²) in [5.41, 5.74) is -0.470. The summed E-state index contributed by atoms with van der Waals surface area (Å²) in [5, 5.41) is 5.99. The SMILES string of the molecule is CCC(CC)NC(=O)C(C)(C)NC. The zero-order valence-corrected chi connectivity index (χ0v) is 9.40. The van der Waals surface area contributed by atoms with Gasteiger partial charge in [0.1, 0.15) is 0 Å². The lowest BCUT2D eigenvalue weighted by molar-refractivity contribution is -0.127. The van der Waals surface area contributed by atoms with E-state index in [9.17, 15) is 4.79 Å². The van der Waals surface area contributed by atoms with E-state index in [-0.39, 0.29) is 5.91 Å². The number of rotatable bonds is 5. The third-order valence-corrected chi connectivity index (χ3v) is 2.51. The number of nitrogens with one attached hydrogen (secondary N) is 2. The Hall–Kier alpha value is -0.570. The average Bonchev–Trinajstić information content (AvgIpc) is 2.13. The lowest BCUT2D eigenvalue weighted by Gasteiger charge is -2.26. The van der Waals surface area contributed by atoms with Gasteiger partial charge in [-0.05, 0) is 33.7 Å². The summed E-state index contributed by atoms with van der Waals surface area (Å²) < 4.78 is 0. The minimum absolute atomic E-state index is 0.0729. The van der Waals surface area contributed by atoms with Gasteiger partial charge < -0.3 is 10.6 Å². The van der Waals surface area contributed by atoms with Crippen molar-refractivity contribution in [1.82, 2.24) is 10.6 Å². The van der Waals surface area contributed by atoms with Crippen LogP contribution in [0.3, 0.4) is 0 Å². The molecule has 0 aliphatic heterocycles. The second kappa shape index (κ2) is 5.22. The zero-order valence-electron chi connectivity index (χ0n) is 9.40. The molecule has 0 aromatic heterocycles. The van der Waals surface area contributed by atoms with Crippen molar-refractivity contribution in [1.29, 1.82) is 0 Å². The number of carbonyl (C=O) groups is 1. The maximum atomic E-state index is 11.7. The van der Waals surface area contributed by atoms with E-state index in [1.807, 2.05) is 13.8 Å². The predicted octanol–water partition coefficient (Wildman–Crippen LogP) is 1.29. The lowest BCUT2D eigenvalue weighted by atomic mass is 10.0. The molecule has 0 aromatic rings. The van der Waals surface area contributed by atoms with Crippen LogP contribution in [0.1, 0.15) is 40.5 Å². The van der Waals surface area contributed by atoms with Crippen molar-refractivity contribution in [3.63, 3.8) is 0 Å². The second-order valence-electron chi connectivity index (χ2n) is 3.86. The van der Waals surface area contributed by atoms with Gasteiger partial charge in [0, 0.05) is 6.04 Å². The Morgan fingerprint density at radius 3 is 2.08 bits per heavy atom. The van der Waals surface area contributed by atoms with Crippen LogP contribution in [-0.2, 0) is 4.79 Å². The fraction of sp³-hybridized carbons (Fsp3) is 0.900. The van der Waals surface area contributed by atoms with Gasteiger partial charge in [0.25, 0.3) is 0 Å². The topological polar surface area (TPSA) is 41.1 Å². The number of hydrogen-bond donors (Lipinski definition) is 2. The van der Waals surface area contributed by atoms with Gasteiger partial charge in [0.05, 0.1) is 5.54 Å². The minimum Gasteiger partial charge on any atom is -0.352 e. The molecule has 0 bridgehead atoms. The first-order chi connectivity index (χ1) is 5.97. The van der Waals surface area contributed by atoms with Crippen LogP contribution in [-0.4, -0.2) is 24.5 Å². The van der Waals surface area contributed by atoms with Crippen molar-refractivity contribution in [3.05, 3.63) is 0 Å². The Bertz CT molecular complexity index is 162. The van der Waals surface area contributed by atoms with Gasteiger partial charge in [-0.25, -0.2) is 0 Å². The van der Waals surface area contributed by atoms with E-state index in [0.29, 0.717) is 6.04 Å². The van der Waals surface area contributed by atoms with Gasteiger partial charge in [0.15, 0.2) is 0 Å². The Balaban J connectivity index is 4.13. The molecule has 0 atom stereocenters. The number of hydrogen-bond acceptors (Lipinski definition) is 2. The molecule has 3 heteroatoms. The van der Waals surface area contributed by atoms with Gasteiger partial charge in [-0.1, -0.05) is 13.8 Å². The van der Waals surface area contributed by atoms with E-state index in [4.69, 9.17) is 0 Å². The van der Waals surface area contributed by atoms with E-state index in [1.165, 1.54) is 0 Å². The van der Waals surface area contributed by atoms with Crippen molar-refractivity contribution < 1.29 is 4.79 Å². The first-order valence-electron chi connectivity index (χ1n) is 4.97. The molecule has 0 fully saturated rings. The molecule has 0 aliphatic rings. The summed E-state index contributed by atoms with van der Waals surface area (Å²) in [4.78, 5) is 11.7. The maximum Gasteiger partial charge on any atom is 0.239 e. The van der Waals surface area contributed by atoms with Crippen LogP contribution in [0.4, 0.5) is 0 Å². The molecule has 0 heterocycles. The van der Waals surface area contributed by atoms with Crippen LogP contribution in [0, 0.1) is 0 Å². The van der Waals surface area contributed by atoms with Crippen molar-refractivity contribution >= 4 is 5.91 Å². The van der Waals surface area contributed by atoms with Crippen molar-refractivity contribution in [2.75, 3.05) is 7.05 Å². The Kier molecular flexibility index (Phi) is 4.99. The van der Waals surface area contributed by atoms with E-state index >= 15 is 0 Å². The molecule has 0 saturated carbocycles. The third-order valence-electron chi connectivity index (χ3n) is 2.51. The lowest BCUT2D eigenvalue weighted by Crippen LogP contribution is -2.53. The molecule has 0 aliphatic carbocycles. The number of carbonyl (C=O) groups excluding carboxylic acids is 1. The van der Waals surface area contributed by atoms with Crippen LogP contribution >= 0.6 is 0 Å². The highest BCUT2D eigenvalue weighted by Gasteiger charge is 2.26. The number of likely N-dealkylation sites (N-methyl/N-ethyl adjacent to an activating group) is 1. The Labute approximate surface area is 81.3 Å². The van der Waals surface area contributed by atoms with Gasteiger partial charge in [-0.2, -0.15) is 0 Å². The highest BCUT2D eigenvalue weighted by molar-refractivity contribution is 5.85. The van der Waals surface area contributed by atoms with Gasteiger partial charge in [-0.3, -0.25) is 4.79 Å². The molecular weight excluding hydrogens is 164 g/mol. The normalized spacial score (nSPS) is 11.8. The van der Waals surface area contributed by atoms with Gasteiger partial charge in [-0.15, -0.1) is 0 Å². The van der Waals surface area contributed by atoms with E-state index in [0.717, 1.165) is 12.8 Å². The molecule has 0 rings (SSSR count). The van der Waals surface area contributed by atoms with Gasteiger partial charge in [0.2, 0.25) is 5.91 Å². The summed E-state index contributed by atoms with van der Waals surface area (Å²) in [5.74, 6) is 0.0729. The molecule has 3 nitrogen and oxygen atoms in total. The highest BCUT2D eigenvalue weighted by Crippen LogP contribution is 2.03. The van der Waals surface area contributed by atoms with Crippen LogP contribution in [0.15, 0.2) is 0 Å². The van der Waals surface area contributed by atoms with Crippen molar-refractivity contribution in [2.24, 2.45) is 0 Å². The standard InChI is InChI=1S/C10H22N2O/c1-6-8(7-2)12-9(13)10(3,4)11-5/h8,11H,6-7H2,1-5H3,(H,12,13). The van der Waals surface area contributed by atoms with E-state index in [2.05, 4.69) is 24.5 Å². The third kappa shape index (κ3) is 3.77. The molecule has 0 radical (unpaired) electrons. The molecular formula is C10H22N2O. The first-order valence-corrected chi connectivity index (χ1v) is 4.97. The Morgan fingerprint density at radius 1 is 1.31 bits per heavy atom. The zero-order chi connectivity index (χ0) is 10.5. The highest BCUT2D eigenvalue weighted by atomic mass is 16.2. The molecule has 13 heavy (non-hydrogen) atoms. The fourth-order valence-electron chi connectivity index (χ4n) is 0.972. The van der Waals surface area contributed by atoms with Crippen LogP contribution in [0.5, 0.6) is 0 Å². The molecule has 78 valence electrons. The van der Waals surface area contributed by atoms with Crippen LogP contribution in [0.2, 0.25) is 0 Å². The molecule has 1 amide bonds. The first kappa shape index (κ1) is 12.4. The molecule has 0 spiro atoms. The minimum atomic E-state index is -0.470.